The number of ether oxygens (including phenoxy) is 2. The van der Waals surface area contributed by atoms with Crippen LogP contribution in [0.4, 0.5) is 5.69 Å². The molecule has 0 unspecified atom stereocenters. The lowest BCUT2D eigenvalue weighted by molar-refractivity contribution is -0.304. The second-order valence-electron chi connectivity index (χ2n) is 9.98. The summed E-state index contributed by atoms with van der Waals surface area (Å²) < 4.78 is 12.8. The molecule has 0 fully saturated rings. The Kier molecular flexibility index (Phi) is 9.63. The SMILES string of the molecule is CCCCCCOc1c2c(c(OCCCCCC)c3ccccc13)C(=O)N(c1ccc(CC(=O)[O-])cc1)C2. The van der Waals surface area contributed by atoms with Crippen LogP contribution in [0.1, 0.15) is 86.7 Å². The van der Waals surface area contributed by atoms with Gasteiger partial charge in [-0.3, -0.25) is 4.79 Å². The van der Waals surface area contributed by atoms with Gasteiger partial charge in [0.05, 0.1) is 25.3 Å². The summed E-state index contributed by atoms with van der Waals surface area (Å²) in [6.45, 7) is 5.89. The van der Waals surface area contributed by atoms with Crippen LogP contribution in [0.15, 0.2) is 48.5 Å². The number of unbranched alkanes of at least 4 members (excludes halogenated alkanes) is 6. The van der Waals surface area contributed by atoms with Gasteiger partial charge in [0.1, 0.15) is 11.5 Å². The number of carboxylic acids is 1. The summed E-state index contributed by atoms with van der Waals surface area (Å²) in [4.78, 5) is 26.6. The van der Waals surface area contributed by atoms with Crippen LogP contribution in [0.2, 0.25) is 0 Å². The third-order valence-corrected chi connectivity index (χ3v) is 7.08. The van der Waals surface area contributed by atoms with Gasteiger partial charge in [0, 0.05) is 34.4 Å². The highest BCUT2D eigenvalue weighted by Crippen LogP contribution is 2.46. The number of nitrogens with zero attached hydrogens (tertiary/aromatic N) is 1. The molecule has 1 amide bonds. The molecule has 0 radical (unpaired) electrons. The average Bonchev–Trinajstić information content (AvgIpc) is 3.26. The first-order valence-corrected chi connectivity index (χ1v) is 14.0. The molecule has 1 heterocycles. The van der Waals surface area contributed by atoms with E-state index < -0.39 is 5.97 Å². The van der Waals surface area contributed by atoms with E-state index in [4.69, 9.17) is 9.47 Å². The molecule has 3 aromatic rings. The molecule has 0 atom stereocenters. The third kappa shape index (κ3) is 6.29. The van der Waals surface area contributed by atoms with Gasteiger partial charge in [-0.2, -0.15) is 0 Å². The Morgan fingerprint density at radius 3 is 1.97 bits per heavy atom. The topological polar surface area (TPSA) is 78.9 Å². The predicted molar refractivity (Wildman–Crippen MR) is 149 cm³/mol. The molecule has 0 aromatic heterocycles. The number of aliphatic carboxylic acids is 1. The zero-order chi connectivity index (χ0) is 26.9. The summed E-state index contributed by atoms with van der Waals surface area (Å²) >= 11 is 0. The van der Waals surface area contributed by atoms with Crippen molar-refractivity contribution in [3.63, 3.8) is 0 Å². The molecule has 202 valence electrons. The Morgan fingerprint density at radius 2 is 1.39 bits per heavy atom. The molecule has 3 aromatic carbocycles. The third-order valence-electron chi connectivity index (χ3n) is 7.08. The Morgan fingerprint density at radius 1 is 0.816 bits per heavy atom. The molecule has 0 saturated carbocycles. The fraction of sp³-hybridized carbons (Fsp3) is 0.438. The van der Waals surface area contributed by atoms with Crippen LogP contribution in [0, 0.1) is 0 Å². The van der Waals surface area contributed by atoms with Gasteiger partial charge in [0.15, 0.2) is 0 Å². The molecular weight excluding hydrogens is 478 g/mol. The number of benzene rings is 3. The number of hydrogen-bond donors (Lipinski definition) is 0. The lowest BCUT2D eigenvalue weighted by Gasteiger charge is -2.18. The quantitative estimate of drug-likeness (QED) is 0.224. The minimum atomic E-state index is -1.13. The second kappa shape index (κ2) is 13.3. The zero-order valence-electron chi connectivity index (χ0n) is 22.6. The van der Waals surface area contributed by atoms with Crippen molar-refractivity contribution in [2.75, 3.05) is 18.1 Å². The molecule has 6 heteroatoms. The standard InChI is InChI=1S/C32H39NO5/c1-3-5-7-11-19-37-30-25-13-9-10-14-26(25)31(38-20-12-8-6-4-2)29-27(30)22-33(32(29)36)24-17-15-23(16-18-24)21-28(34)35/h9-10,13-18H,3-8,11-12,19-22H2,1-2H3,(H,34,35)/p-1. The Bertz CT molecular complexity index is 1250. The minimum absolute atomic E-state index is 0.127. The smallest absolute Gasteiger partial charge is 0.262 e. The molecular formula is C32H38NO5-. The van der Waals surface area contributed by atoms with Crippen LogP contribution < -0.4 is 19.5 Å². The molecule has 6 nitrogen and oxygen atoms in total. The number of carbonyl (C=O) groups excluding carboxylic acids is 2. The normalized spacial score (nSPS) is 12.7. The van der Waals surface area contributed by atoms with Crippen molar-refractivity contribution in [2.24, 2.45) is 0 Å². The Labute approximate surface area is 225 Å². The predicted octanol–water partition coefficient (Wildman–Crippen LogP) is 6.21. The zero-order valence-corrected chi connectivity index (χ0v) is 22.6. The lowest BCUT2D eigenvalue weighted by Crippen LogP contribution is -2.25. The van der Waals surface area contributed by atoms with Gasteiger partial charge in [0.25, 0.3) is 5.91 Å². The van der Waals surface area contributed by atoms with Crippen molar-refractivity contribution < 1.29 is 24.2 Å². The molecule has 0 spiro atoms. The summed E-state index contributed by atoms with van der Waals surface area (Å²) in [6, 6.07) is 15.1. The van der Waals surface area contributed by atoms with E-state index in [9.17, 15) is 14.7 Å². The largest absolute Gasteiger partial charge is 0.550 e. The van der Waals surface area contributed by atoms with Gasteiger partial charge >= 0.3 is 0 Å². The Hall–Kier alpha value is -3.54. The van der Waals surface area contributed by atoms with Gasteiger partial charge in [-0.05, 0) is 30.5 Å². The van der Waals surface area contributed by atoms with E-state index >= 15 is 0 Å². The molecule has 4 rings (SSSR count). The van der Waals surface area contributed by atoms with E-state index in [0.717, 1.165) is 67.0 Å². The number of fused-ring (bicyclic) bond motifs is 2. The highest BCUT2D eigenvalue weighted by atomic mass is 16.5. The number of hydrogen-bond acceptors (Lipinski definition) is 5. The van der Waals surface area contributed by atoms with E-state index in [1.807, 2.05) is 24.3 Å². The first kappa shape index (κ1) is 27.5. The van der Waals surface area contributed by atoms with E-state index in [2.05, 4.69) is 13.8 Å². The summed E-state index contributed by atoms with van der Waals surface area (Å²) in [6.07, 6.45) is 8.58. The lowest BCUT2D eigenvalue weighted by atomic mass is 9.99. The van der Waals surface area contributed by atoms with Gasteiger partial charge in [-0.1, -0.05) is 88.8 Å². The van der Waals surface area contributed by atoms with Crippen molar-refractivity contribution in [1.29, 1.82) is 0 Å². The molecule has 38 heavy (non-hydrogen) atoms. The fourth-order valence-corrected chi connectivity index (χ4v) is 5.06. The molecule has 1 aliphatic heterocycles. The first-order valence-electron chi connectivity index (χ1n) is 14.0. The molecule has 0 saturated heterocycles. The molecule has 0 aliphatic carbocycles. The van der Waals surface area contributed by atoms with Gasteiger partial charge in [0.2, 0.25) is 0 Å². The number of rotatable bonds is 15. The highest BCUT2D eigenvalue weighted by molar-refractivity contribution is 6.16. The van der Waals surface area contributed by atoms with Crippen molar-refractivity contribution in [3.05, 3.63) is 65.2 Å². The van der Waals surface area contributed by atoms with Gasteiger partial charge in [-0.15, -0.1) is 0 Å². The monoisotopic (exact) mass is 516 g/mol. The van der Waals surface area contributed by atoms with Gasteiger partial charge < -0.3 is 24.3 Å². The van der Waals surface area contributed by atoms with Crippen LogP contribution in [0.25, 0.3) is 10.8 Å². The molecule has 0 N–H and O–H groups in total. The summed E-state index contributed by atoms with van der Waals surface area (Å²) in [7, 11) is 0. The van der Waals surface area contributed by atoms with Crippen molar-refractivity contribution in [3.8, 4) is 11.5 Å². The van der Waals surface area contributed by atoms with Crippen molar-refractivity contribution >= 4 is 28.3 Å². The van der Waals surface area contributed by atoms with Crippen LogP contribution in [0.5, 0.6) is 11.5 Å². The maximum absolute atomic E-state index is 13.9. The van der Waals surface area contributed by atoms with E-state index in [1.54, 1.807) is 29.2 Å². The average molecular weight is 517 g/mol. The van der Waals surface area contributed by atoms with Crippen LogP contribution in [0.3, 0.4) is 0 Å². The maximum Gasteiger partial charge on any atom is 0.262 e. The van der Waals surface area contributed by atoms with Crippen LogP contribution in [-0.4, -0.2) is 25.1 Å². The first-order chi connectivity index (χ1) is 18.5. The van der Waals surface area contributed by atoms with Crippen LogP contribution in [-0.2, 0) is 17.8 Å². The maximum atomic E-state index is 13.9. The fourth-order valence-electron chi connectivity index (χ4n) is 5.06. The minimum Gasteiger partial charge on any atom is -0.550 e. The highest BCUT2D eigenvalue weighted by Gasteiger charge is 2.36. The van der Waals surface area contributed by atoms with E-state index in [1.165, 1.54) is 6.42 Å². The van der Waals surface area contributed by atoms with Crippen molar-refractivity contribution in [2.45, 2.75) is 78.2 Å². The molecule has 1 aliphatic rings. The number of amides is 1. The second-order valence-corrected chi connectivity index (χ2v) is 9.98. The summed E-state index contributed by atoms with van der Waals surface area (Å²) in [5.74, 6) is 0.134. The molecule has 0 bridgehead atoms. The summed E-state index contributed by atoms with van der Waals surface area (Å²) in [5.41, 5.74) is 2.77. The van der Waals surface area contributed by atoms with E-state index in [0.29, 0.717) is 42.3 Å². The van der Waals surface area contributed by atoms with Crippen LogP contribution >= 0.6 is 0 Å². The Balaban J connectivity index is 1.70. The van der Waals surface area contributed by atoms with Crippen molar-refractivity contribution in [1.82, 2.24) is 0 Å². The number of carbonyl (C=O) groups is 2. The number of anilines is 1. The van der Waals surface area contributed by atoms with E-state index in [-0.39, 0.29) is 12.3 Å². The summed E-state index contributed by atoms with van der Waals surface area (Å²) in [5, 5.41) is 12.8. The number of carboxylic acid groups (broad SMARTS) is 1. The van der Waals surface area contributed by atoms with Gasteiger partial charge in [-0.25, -0.2) is 0 Å².